The number of carboxylic acid groups (broad SMARTS) is 1. The van der Waals surface area contributed by atoms with Crippen LogP contribution < -0.4 is 10.5 Å². The molecule has 30 heavy (non-hydrogen) atoms. The van der Waals surface area contributed by atoms with Crippen molar-refractivity contribution in [1.82, 2.24) is 14.4 Å². The van der Waals surface area contributed by atoms with Gasteiger partial charge in [0.1, 0.15) is 0 Å². The SMILES string of the molecule is CN(C)C(=O)c1cn(CC2(O)CCN(C(=O)O)CC23CCCC3)c(=O)cc1N(C)C. The number of rotatable bonds is 4. The van der Waals surface area contributed by atoms with Gasteiger partial charge in [0.15, 0.2) is 0 Å². The second-order valence-corrected chi connectivity index (χ2v) is 9.11. The minimum atomic E-state index is -1.21. The molecular formula is C21H32N4O5. The predicted octanol–water partition coefficient (Wildman–Crippen LogP) is 1.29. The Morgan fingerprint density at radius 2 is 1.77 bits per heavy atom. The molecule has 0 aromatic carbocycles. The van der Waals surface area contributed by atoms with E-state index in [0.717, 1.165) is 25.7 Å². The molecule has 2 heterocycles. The Labute approximate surface area is 176 Å². The lowest BCUT2D eigenvalue weighted by molar-refractivity contribution is -0.137. The van der Waals surface area contributed by atoms with E-state index < -0.39 is 17.1 Å². The van der Waals surface area contributed by atoms with Gasteiger partial charge >= 0.3 is 6.09 Å². The van der Waals surface area contributed by atoms with Gasteiger partial charge in [-0.05, 0) is 19.3 Å². The number of likely N-dealkylation sites (tertiary alicyclic amines) is 1. The van der Waals surface area contributed by atoms with Crippen LogP contribution in [0.25, 0.3) is 0 Å². The number of aliphatic hydroxyl groups is 1. The molecular weight excluding hydrogens is 388 g/mol. The molecule has 9 heteroatoms. The smallest absolute Gasteiger partial charge is 0.407 e. The fraction of sp³-hybridized carbons (Fsp3) is 0.667. The van der Waals surface area contributed by atoms with Crippen LogP contribution in [0.3, 0.4) is 0 Å². The van der Waals surface area contributed by atoms with Gasteiger partial charge in [0.05, 0.1) is 23.4 Å². The molecule has 0 radical (unpaired) electrons. The molecule has 1 aromatic heterocycles. The van der Waals surface area contributed by atoms with Gasteiger partial charge < -0.3 is 29.5 Å². The Morgan fingerprint density at radius 3 is 2.30 bits per heavy atom. The largest absolute Gasteiger partial charge is 0.465 e. The summed E-state index contributed by atoms with van der Waals surface area (Å²) < 4.78 is 1.42. The monoisotopic (exact) mass is 420 g/mol. The molecule has 2 N–H and O–H groups in total. The average molecular weight is 421 g/mol. The van der Waals surface area contributed by atoms with Crippen molar-refractivity contribution in [3.05, 3.63) is 28.2 Å². The van der Waals surface area contributed by atoms with E-state index in [1.807, 2.05) is 0 Å². The highest BCUT2D eigenvalue weighted by Crippen LogP contribution is 2.51. The Hall–Kier alpha value is -2.55. The van der Waals surface area contributed by atoms with E-state index >= 15 is 0 Å². The predicted molar refractivity (Wildman–Crippen MR) is 113 cm³/mol. The van der Waals surface area contributed by atoms with Gasteiger partial charge in [-0.1, -0.05) is 12.8 Å². The number of piperidine rings is 1. The summed E-state index contributed by atoms with van der Waals surface area (Å²) in [7, 11) is 6.85. The standard InChI is InChI=1S/C21H32N4O5/c1-22(2)16-11-17(26)25(12-15(16)18(27)23(3)4)14-21(30)9-10-24(19(28)29)13-20(21)7-5-6-8-20/h11-12,30H,5-10,13-14H2,1-4H3,(H,28,29). The summed E-state index contributed by atoms with van der Waals surface area (Å²) in [4.78, 5) is 41.7. The molecule has 0 bridgehead atoms. The molecule has 1 spiro atoms. The number of pyridine rings is 1. The fourth-order valence-electron chi connectivity index (χ4n) is 5.01. The van der Waals surface area contributed by atoms with E-state index in [1.165, 1.54) is 26.6 Å². The summed E-state index contributed by atoms with van der Waals surface area (Å²) in [5.41, 5.74) is -1.17. The molecule has 1 saturated heterocycles. The topological polar surface area (TPSA) is 106 Å². The second-order valence-electron chi connectivity index (χ2n) is 9.11. The summed E-state index contributed by atoms with van der Waals surface area (Å²) in [5.74, 6) is -0.226. The highest BCUT2D eigenvalue weighted by atomic mass is 16.4. The Bertz CT molecular complexity index is 888. The van der Waals surface area contributed by atoms with Crippen molar-refractivity contribution in [1.29, 1.82) is 0 Å². The summed E-state index contributed by atoms with van der Waals surface area (Å²) in [6.45, 7) is 0.537. The molecule has 1 unspecified atom stereocenters. The number of hydrogen-bond acceptors (Lipinski definition) is 5. The van der Waals surface area contributed by atoms with Crippen LogP contribution in [0.4, 0.5) is 10.5 Å². The van der Waals surface area contributed by atoms with Crippen molar-refractivity contribution >= 4 is 17.7 Å². The van der Waals surface area contributed by atoms with Gasteiger partial charge in [0.25, 0.3) is 11.5 Å². The van der Waals surface area contributed by atoms with E-state index in [4.69, 9.17) is 0 Å². The van der Waals surface area contributed by atoms with Crippen molar-refractivity contribution in [2.75, 3.05) is 46.2 Å². The molecule has 1 aromatic rings. The summed E-state index contributed by atoms with van der Waals surface area (Å²) in [5, 5.41) is 21.2. The number of hydrogen-bond donors (Lipinski definition) is 2. The molecule has 1 aliphatic heterocycles. The van der Waals surface area contributed by atoms with E-state index in [9.17, 15) is 24.6 Å². The van der Waals surface area contributed by atoms with Gasteiger partial charge in [-0.15, -0.1) is 0 Å². The molecule has 2 aliphatic rings. The van der Waals surface area contributed by atoms with Crippen LogP contribution in [0.1, 0.15) is 42.5 Å². The van der Waals surface area contributed by atoms with Crippen molar-refractivity contribution in [3.8, 4) is 0 Å². The first-order chi connectivity index (χ1) is 14.0. The van der Waals surface area contributed by atoms with Gasteiger partial charge in [-0.2, -0.15) is 0 Å². The molecule has 166 valence electrons. The van der Waals surface area contributed by atoms with Gasteiger partial charge in [0, 0.05) is 59.0 Å². The number of carbonyl (C=O) groups excluding carboxylic acids is 1. The third-order valence-electron chi connectivity index (χ3n) is 6.76. The fourth-order valence-corrected chi connectivity index (χ4v) is 5.01. The summed E-state index contributed by atoms with van der Waals surface area (Å²) in [6, 6.07) is 1.42. The number of anilines is 1. The van der Waals surface area contributed by atoms with Crippen LogP contribution >= 0.6 is 0 Å². The second kappa shape index (κ2) is 7.94. The van der Waals surface area contributed by atoms with Crippen LogP contribution in [0, 0.1) is 5.41 Å². The van der Waals surface area contributed by atoms with Crippen LogP contribution in [0.15, 0.2) is 17.1 Å². The average Bonchev–Trinajstić information content (AvgIpc) is 3.14. The highest BCUT2D eigenvalue weighted by Gasteiger charge is 2.55. The van der Waals surface area contributed by atoms with Crippen LogP contribution in [-0.4, -0.2) is 83.5 Å². The lowest BCUT2D eigenvalue weighted by atomic mass is 9.66. The zero-order valence-corrected chi connectivity index (χ0v) is 18.2. The van der Waals surface area contributed by atoms with E-state index in [0.29, 0.717) is 11.3 Å². The van der Waals surface area contributed by atoms with Crippen LogP contribution in [0.2, 0.25) is 0 Å². The molecule has 3 rings (SSSR count). The zero-order chi connectivity index (χ0) is 22.3. The molecule has 1 atom stereocenters. The molecule has 2 amide bonds. The molecule has 2 fully saturated rings. The summed E-state index contributed by atoms with van der Waals surface area (Å²) >= 11 is 0. The Kier molecular flexibility index (Phi) is 5.86. The number of nitrogens with zero attached hydrogens (tertiary/aromatic N) is 4. The first-order valence-corrected chi connectivity index (χ1v) is 10.3. The van der Waals surface area contributed by atoms with Gasteiger partial charge in [0.2, 0.25) is 0 Å². The maximum atomic E-state index is 12.9. The number of carbonyl (C=O) groups is 2. The van der Waals surface area contributed by atoms with E-state index in [-0.39, 0.29) is 37.5 Å². The van der Waals surface area contributed by atoms with Gasteiger partial charge in [-0.25, -0.2) is 4.79 Å². The van der Waals surface area contributed by atoms with Crippen molar-refractivity contribution in [2.24, 2.45) is 5.41 Å². The zero-order valence-electron chi connectivity index (χ0n) is 18.2. The lowest BCUT2D eigenvalue weighted by Gasteiger charge is -2.51. The minimum Gasteiger partial charge on any atom is -0.465 e. The third-order valence-corrected chi connectivity index (χ3v) is 6.76. The summed E-state index contributed by atoms with van der Waals surface area (Å²) in [6.07, 6.45) is 4.11. The number of amides is 2. The minimum absolute atomic E-state index is 0.0424. The van der Waals surface area contributed by atoms with Crippen molar-refractivity contribution in [3.63, 3.8) is 0 Å². The first kappa shape index (κ1) is 22.1. The highest BCUT2D eigenvalue weighted by molar-refractivity contribution is 5.99. The van der Waals surface area contributed by atoms with Gasteiger partial charge in [-0.3, -0.25) is 9.59 Å². The molecule has 9 nitrogen and oxygen atoms in total. The molecule has 1 aliphatic carbocycles. The lowest BCUT2D eigenvalue weighted by Crippen LogP contribution is -2.62. The van der Waals surface area contributed by atoms with Crippen molar-refractivity contribution in [2.45, 2.75) is 44.2 Å². The maximum Gasteiger partial charge on any atom is 0.407 e. The number of aromatic nitrogens is 1. The Morgan fingerprint density at radius 1 is 1.13 bits per heavy atom. The third kappa shape index (κ3) is 3.78. The quantitative estimate of drug-likeness (QED) is 0.760. The van der Waals surface area contributed by atoms with Crippen LogP contribution in [-0.2, 0) is 6.54 Å². The van der Waals surface area contributed by atoms with Crippen LogP contribution in [0.5, 0.6) is 0 Å². The Balaban J connectivity index is 2.02. The van der Waals surface area contributed by atoms with E-state index in [2.05, 4.69) is 0 Å². The maximum absolute atomic E-state index is 12.9. The first-order valence-electron chi connectivity index (χ1n) is 10.3. The normalized spacial score (nSPS) is 22.9. The molecule has 1 saturated carbocycles. The van der Waals surface area contributed by atoms with Crippen molar-refractivity contribution < 1.29 is 19.8 Å². The van der Waals surface area contributed by atoms with E-state index in [1.54, 1.807) is 33.1 Å².